The Kier molecular flexibility index (Phi) is 8.27. The Hall–Kier alpha value is -2.96. The normalized spacial score (nSPS) is 21.3. The molecule has 2 aliphatic rings. The highest BCUT2D eigenvalue weighted by Crippen LogP contribution is 2.33. The van der Waals surface area contributed by atoms with E-state index in [9.17, 15) is 18.0 Å². The summed E-state index contributed by atoms with van der Waals surface area (Å²) in [5, 5.41) is 6.47. The van der Waals surface area contributed by atoms with Crippen molar-refractivity contribution < 1.29 is 32.2 Å². The molecule has 2 fully saturated rings. The number of amides is 1. The van der Waals surface area contributed by atoms with Crippen LogP contribution in [0.25, 0.3) is 0 Å². The van der Waals surface area contributed by atoms with E-state index in [0.717, 1.165) is 31.4 Å². The molecule has 2 aliphatic heterocycles. The van der Waals surface area contributed by atoms with E-state index in [0.29, 0.717) is 26.3 Å². The highest BCUT2D eigenvalue weighted by molar-refractivity contribution is 5.96. The number of carbonyl (C=O) groups excluding carboxylic acids is 1. The number of anilines is 2. The molecule has 2 saturated heterocycles. The zero-order valence-electron chi connectivity index (χ0n) is 20.2. The van der Waals surface area contributed by atoms with Crippen molar-refractivity contribution >= 4 is 17.4 Å². The number of nitrogens with zero attached hydrogens (tertiary/aromatic N) is 3. The SMILES string of the molecule is COc1c(Nc2cccc(C(F)(F)F)c2)ncnc1C(=O)N1CCC(NC2CCOCC2OC)CC1. The van der Waals surface area contributed by atoms with Crippen molar-refractivity contribution in [3.8, 4) is 5.75 Å². The molecule has 12 heteroatoms. The second-order valence-electron chi connectivity index (χ2n) is 8.79. The number of alkyl halides is 3. The van der Waals surface area contributed by atoms with Gasteiger partial charge in [-0.2, -0.15) is 13.2 Å². The molecule has 1 aromatic carbocycles. The Morgan fingerprint density at radius 3 is 2.64 bits per heavy atom. The Morgan fingerprint density at radius 1 is 1.17 bits per heavy atom. The van der Waals surface area contributed by atoms with Gasteiger partial charge in [-0.25, -0.2) is 9.97 Å². The minimum absolute atomic E-state index is 0.00596. The lowest BCUT2D eigenvalue weighted by atomic mass is 9.99. The molecule has 2 aromatic rings. The van der Waals surface area contributed by atoms with Crippen LogP contribution in [0.1, 0.15) is 35.3 Å². The third-order valence-corrected chi connectivity index (χ3v) is 6.50. The van der Waals surface area contributed by atoms with Gasteiger partial charge in [0.2, 0.25) is 0 Å². The number of hydrogen-bond acceptors (Lipinski definition) is 8. The van der Waals surface area contributed by atoms with Gasteiger partial charge >= 0.3 is 6.18 Å². The van der Waals surface area contributed by atoms with Gasteiger partial charge in [0.05, 0.1) is 25.4 Å². The first-order chi connectivity index (χ1) is 17.3. The Balaban J connectivity index is 1.42. The standard InChI is InChI=1S/C24H30F3N5O4/c1-34-19-13-36-11-8-18(19)30-16-6-9-32(10-7-16)23(33)20-21(35-2)22(29-14-28-20)31-17-5-3-4-15(12-17)24(25,26)27/h3-5,12,14,16,18-19,30H,6-11,13H2,1-2H3,(H,28,29,31). The molecule has 1 amide bonds. The van der Waals surface area contributed by atoms with Crippen LogP contribution < -0.4 is 15.4 Å². The van der Waals surface area contributed by atoms with Crippen LogP contribution in [0.3, 0.4) is 0 Å². The van der Waals surface area contributed by atoms with E-state index >= 15 is 0 Å². The third-order valence-electron chi connectivity index (χ3n) is 6.50. The maximum Gasteiger partial charge on any atom is 0.416 e. The van der Waals surface area contributed by atoms with Gasteiger partial charge in [-0.1, -0.05) is 6.07 Å². The number of hydrogen-bond donors (Lipinski definition) is 2. The molecular formula is C24H30F3N5O4. The number of ether oxygens (including phenoxy) is 3. The van der Waals surface area contributed by atoms with Crippen LogP contribution in [0.5, 0.6) is 5.75 Å². The summed E-state index contributed by atoms with van der Waals surface area (Å²) in [4.78, 5) is 23.2. The van der Waals surface area contributed by atoms with E-state index in [1.54, 1.807) is 12.0 Å². The van der Waals surface area contributed by atoms with Crippen LogP contribution in [0, 0.1) is 0 Å². The quantitative estimate of drug-likeness (QED) is 0.587. The van der Waals surface area contributed by atoms with Crippen LogP contribution in [0.2, 0.25) is 0 Å². The van der Waals surface area contributed by atoms with Crippen molar-refractivity contribution in [3.05, 3.63) is 41.9 Å². The lowest BCUT2D eigenvalue weighted by molar-refractivity contribution is -0.137. The van der Waals surface area contributed by atoms with Gasteiger partial charge in [-0.3, -0.25) is 4.79 Å². The molecule has 0 aliphatic carbocycles. The molecular weight excluding hydrogens is 479 g/mol. The zero-order valence-corrected chi connectivity index (χ0v) is 20.2. The van der Waals surface area contributed by atoms with E-state index in [1.165, 1.54) is 25.6 Å². The van der Waals surface area contributed by atoms with Gasteiger partial charge in [0.15, 0.2) is 17.3 Å². The van der Waals surface area contributed by atoms with E-state index in [4.69, 9.17) is 14.2 Å². The van der Waals surface area contributed by atoms with Crippen LogP contribution in [-0.4, -0.2) is 79.5 Å². The first-order valence-electron chi connectivity index (χ1n) is 11.8. The molecule has 2 N–H and O–H groups in total. The molecule has 0 saturated carbocycles. The van der Waals surface area contributed by atoms with E-state index in [2.05, 4.69) is 20.6 Å². The first kappa shape index (κ1) is 26.1. The molecule has 9 nitrogen and oxygen atoms in total. The number of nitrogens with one attached hydrogen (secondary N) is 2. The minimum atomic E-state index is -4.48. The smallest absolute Gasteiger partial charge is 0.416 e. The van der Waals surface area contributed by atoms with Crippen molar-refractivity contribution in [3.63, 3.8) is 0 Å². The summed E-state index contributed by atoms with van der Waals surface area (Å²) in [6, 6.07) is 5.17. The molecule has 36 heavy (non-hydrogen) atoms. The average Bonchev–Trinajstić information content (AvgIpc) is 2.88. The average molecular weight is 510 g/mol. The Morgan fingerprint density at radius 2 is 1.94 bits per heavy atom. The summed E-state index contributed by atoms with van der Waals surface area (Å²) in [6.07, 6.45) is -0.880. The van der Waals surface area contributed by atoms with Crippen molar-refractivity contribution in [1.82, 2.24) is 20.2 Å². The van der Waals surface area contributed by atoms with Gasteiger partial charge in [0.1, 0.15) is 6.33 Å². The fraction of sp³-hybridized carbons (Fsp3) is 0.542. The number of aromatic nitrogens is 2. The summed E-state index contributed by atoms with van der Waals surface area (Å²) in [5.41, 5.74) is -0.585. The summed E-state index contributed by atoms with van der Waals surface area (Å²) < 4.78 is 55.7. The maximum atomic E-state index is 13.3. The number of likely N-dealkylation sites (tertiary alicyclic amines) is 1. The maximum absolute atomic E-state index is 13.3. The largest absolute Gasteiger partial charge is 0.491 e. The summed E-state index contributed by atoms with van der Waals surface area (Å²) in [6.45, 7) is 2.32. The minimum Gasteiger partial charge on any atom is -0.491 e. The fourth-order valence-electron chi connectivity index (χ4n) is 4.56. The molecule has 0 bridgehead atoms. The van der Waals surface area contributed by atoms with Crippen molar-refractivity contribution in [2.45, 2.75) is 43.6 Å². The van der Waals surface area contributed by atoms with E-state index in [1.807, 2.05) is 0 Å². The third kappa shape index (κ3) is 6.05. The van der Waals surface area contributed by atoms with Crippen LogP contribution in [0.15, 0.2) is 30.6 Å². The second kappa shape index (κ2) is 11.4. The number of piperidine rings is 1. The number of carbonyl (C=O) groups is 1. The molecule has 4 rings (SSSR count). The summed E-state index contributed by atoms with van der Waals surface area (Å²) >= 11 is 0. The van der Waals surface area contributed by atoms with Gasteiger partial charge in [-0.05, 0) is 37.5 Å². The number of methoxy groups -OCH3 is 2. The van der Waals surface area contributed by atoms with Crippen LogP contribution in [0.4, 0.5) is 24.7 Å². The first-order valence-corrected chi connectivity index (χ1v) is 11.8. The summed E-state index contributed by atoms with van der Waals surface area (Å²) in [7, 11) is 3.05. The van der Waals surface area contributed by atoms with Crippen LogP contribution in [-0.2, 0) is 15.7 Å². The highest BCUT2D eigenvalue weighted by atomic mass is 19.4. The lowest BCUT2D eigenvalue weighted by Gasteiger charge is -2.38. The Labute approximate surface area is 207 Å². The van der Waals surface area contributed by atoms with E-state index in [-0.39, 0.29) is 47.0 Å². The van der Waals surface area contributed by atoms with Gasteiger partial charge < -0.3 is 29.7 Å². The van der Waals surface area contributed by atoms with Gasteiger partial charge in [-0.15, -0.1) is 0 Å². The lowest BCUT2D eigenvalue weighted by Crippen LogP contribution is -2.54. The zero-order chi connectivity index (χ0) is 25.7. The molecule has 196 valence electrons. The Bertz CT molecular complexity index is 1050. The highest BCUT2D eigenvalue weighted by Gasteiger charge is 2.33. The second-order valence-corrected chi connectivity index (χ2v) is 8.79. The monoisotopic (exact) mass is 509 g/mol. The van der Waals surface area contributed by atoms with Gasteiger partial charge in [0.25, 0.3) is 5.91 Å². The predicted molar refractivity (Wildman–Crippen MR) is 125 cm³/mol. The fourth-order valence-corrected chi connectivity index (χ4v) is 4.56. The molecule has 1 aromatic heterocycles. The van der Waals surface area contributed by atoms with Crippen molar-refractivity contribution in [2.24, 2.45) is 0 Å². The molecule has 0 spiro atoms. The topological polar surface area (TPSA) is 97.8 Å². The van der Waals surface area contributed by atoms with Gasteiger partial charge in [0, 0.05) is 44.6 Å². The molecule has 3 heterocycles. The number of benzene rings is 1. The van der Waals surface area contributed by atoms with E-state index < -0.39 is 11.7 Å². The summed E-state index contributed by atoms with van der Waals surface area (Å²) in [5.74, 6) is -0.136. The van der Waals surface area contributed by atoms with Crippen LogP contribution >= 0.6 is 0 Å². The predicted octanol–water partition coefficient (Wildman–Crippen LogP) is 3.25. The molecule has 0 radical (unpaired) electrons. The van der Waals surface area contributed by atoms with Crippen molar-refractivity contribution in [2.75, 3.05) is 45.8 Å². The van der Waals surface area contributed by atoms with Crippen molar-refractivity contribution in [1.29, 1.82) is 0 Å². The number of rotatable bonds is 7. The molecule has 2 unspecified atom stereocenters. The number of halogens is 3. The molecule has 2 atom stereocenters.